The number of amides is 1. The van der Waals surface area contributed by atoms with E-state index in [0.29, 0.717) is 13.2 Å². The van der Waals surface area contributed by atoms with Crippen LogP contribution in [0.1, 0.15) is 47.5 Å². The van der Waals surface area contributed by atoms with Crippen LogP contribution in [0.15, 0.2) is 0 Å². The number of carbonyl (C=O) groups is 1. The molecule has 1 amide bonds. The van der Waals surface area contributed by atoms with Crippen molar-refractivity contribution in [3.63, 3.8) is 0 Å². The Morgan fingerprint density at radius 1 is 1.20 bits per heavy atom. The largest absolute Gasteiger partial charge is 0.379 e. The second-order valence-electron chi connectivity index (χ2n) is 8.01. The first kappa shape index (κ1) is 15.7. The quantitative estimate of drug-likeness (QED) is 0.700. The molecule has 2 rings (SSSR count). The summed E-state index contributed by atoms with van der Waals surface area (Å²) in [6.07, 6.45) is 1.85. The number of nitrogens with one attached hydrogen (secondary N) is 2. The Bertz CT molecular complexity index is 379. The number of rotatable bonds is 2. The number of hydrogen-bond acceptors (Lipinski definition) is 4. The fourth-order valence-electron chi connectivity index (χ4n) is 3.70. The van der Waals surface area contributed by atoms with Gasteiger partial charge in [0.2, 0.25) is 5.91 Å². The lowest BCUT2D eigenvalue weighted by Gasteiger charge is -2.47. The molecular weight excluding hydrogens is 254 g/mol. The number of piperidine rings is 1. The molecule has 0 bridgehead atoms. The molecule has 0 aromatic rings. The first-order chi connectivity index (χ1) is 9.04. The minimum atomic E-state index is -0.598. The maximum absolute atomic E-state index is 12.6. The van der Waals surface area contributed by atoms with Crippen LogP contribution in [-0.4, -0.2) is 42.3 Å². The molecule has 0 radical (unpaired) electrons. The van der Waals surface area contributed by atoms with E-state index in [9.17, 15) is 4.79 Å². The Labute approximate surface area is 122 Å². The van der Waals surface area contributed by atoms with Gasteiger partial charge in [0.05, 0.1) is 18.6 Å². The van der Waals surface area contributed by atoms with E-state index in [0.717, 1.165) is 12.8 Å². The van der Waals surface area contributed by atoms with Gasteiger partial charge in [-0.25, -0.2) is 0 Å². The predicted molar refractivity (Wildman–Crippen MR) is 79.4 cm³/mol. The van der Waals surface area contributed by atoms with Crippen LogP contribution < -0.4 is 16.4 Å². The molecule has 0 aliphatic carbocycles. The van der Waals surface area contributed by atoms with Crippen LogP contribution in [0.3, 0.4) is 0 Å². The van der Waals surface area contributed by atoms with Gasteiger partial charge in [-0.15, -0.1) is 0 Å². The highest BCUT2D eigenvalue weighted by Gasteiger charge is 2.46. The average molecular weight is 283 g/mol. The molecule has 4 N–H and O–H groups in total. The molecule has 116 valence electrons. The van der Waals surface area contributed by atoms with E-state index in [4.69, 9.17) is 10.5 Å². The standard InChI is InChI=1S/C15H29N3O2/c1-13(2)6-10(7-14(3,4)18-13)17-12(19)15(5)9-20-8-11(15)16/h10-11,18H,6-9,16H2,1-5H3,(H,17,19). The lowest BCUT2D eigenvalue weighted by Crippen LogP contribution is -2.63. The summed E-state index contributed by atoms with van der Waals surface area (Å²) >= 11 is 0. The molecule has 20 heavy (non-hydrogen) atoms. The zero-order valence-corrected chi connectivity index (χ0v) is 13.4. The lowest BCUT2D eigenvalue weighted by molar-refractivity contribution is -0.132. The lowest BCUT2D eigenvalue weighted by atomic mass is 9.78. The predicted octanol–water partition coefficient (Wildman–Crippen LogP) is 0.776. The molecule has 5 heteroatoms. The van der Waals surface area contributed by atoms with Crippen molar-refractivity contribution in [3.8, 4) is 0 Å². The van der Waals surface area contributed by atoms with Gasteiger partial charge >= 0.3 is 0 Å². The van der Waals surface area contributed by atoms with Gasteiger partial charge in [-0.05, 0) is 47.5 Å². The highest BCUT2D eigenvalue weighted by Crippen LogP contribution is 2.31. The Hall–Kier alpha value is -0.650. The molecule has 0 spiro atoms. The molecule has 5 nitrogen and oxygen atoms in total. The Kier molecular flexibility index (Phi) is 3.91. The molecule has 0 aromatic carbocycles. The Morgan fingerprint density at radius 3 is 2.20 bits per heavy atom. The van der Waals surface area contributed by atoms with E-state index in [1.807, 2.05) is 6.92 Å². The molecule has 0 aromatic heterocycles. The zero-order chi connectivity index (χ0) is 15.2. The van der Waals surface area contributed by atoms with Crippen LogP contribution >= 0.6 is 0 Å². The second-order valence-corrected chi connectivity index (χ2v) is 8.01. The molecule has 2 atom stereocenters. The summed E-state index contributed by atoms with van der Waals surface area (Å²) in [4.78, 5) is 12.6. The normalized spacial score (nSPS) is 36.8. The summed E-state index contributed by atoms with van der Waals surface area (Å²) in [5, 5.41) is 6.83. The smallest absolute Gasteiger partial charge is 0.230 e. The van der Waals surface area contributed by atoms with E-state index in [2.05, 4.69) is 38.3 Å². The van der Waals surface area contributed by atoms with Gasteiger partial charge in [0.25, 0.3) is 0 Å². The summed E-state index contributed by atoms with van der Waals surface area (Å²) < 4.78 is 5.37. The summed E-state index contributed by atoms with van der Waals surface area (Å²) in [6, 6.07) is -0.0383. The highest BCUT2D eigenvalue weighted by molar-refractivity contribution is 5.83. The molecule has 2 aliphatic heterocycles. The number of hydrogen-bond donors (Lipinski definition) is 3. The second kappa shape index (κ2) is 4.97. The highest BCUT2D eigenvalue weighted by atomic mass is 16.5. The fraction of sp³-hybridized carbons (Fsp3) is 0.933. The van der Waals surface area contributed by atoms with Gasteiger partial charge in [-0.3, -0.25) is 4.79 Å². The van der Waals surface area contributed by atoms with Gasteiger partial charge in [0.15, 0.2) is 0 Å². The van der Waals surface area contributed by atoms with Gasteiger partial charge in [0, 0.05) is 23.2 Å². The first-order valence-corrected chi connectivity index (χ1v) is 7.48. The van der Waals surface area contributed by atoms with E-state index >= 15 is 0 Å². The fourth-order valence-corrected chi connectivity index (χ4v) is 3.70. The van der Waals surface area contributed by atoms with Crippen molar-refractivity contribution < 1.29 is 9.53 Å². The third-order valence-electron chi connectivity index (χ3n) is 4.56. The summed E-state index contributed by atoms with van der Waals surface area (Å²) in [5.74, 6) is 0.0287. The van der Waals surface area contributed by atoms with Crippen LogP contribution in [0.2, 0.25) is 0 Å². The van der Waals surface area contributed by atoms with Crippen molar-refractivity contribution >= 4 is 5.91 Å². The topological polar surface area (TPSA) is 76.4 Å². The molecule has 2 saturated heterocycles. The average Bonchev–Trinajstić information content (AvgIpc) is 2.55. The van der Waals surface area contributed by atoms with Gasteiger partial charge in [0.1, 0.15) is 0 Å². The Morgan fingerprint density at radius 2 is 1.75 bits per heavy atom. The molecule has 2 heterocycles. The minimum Gasteiger partial charge on any atom is -0.379 e. The molecule has 0 saturated carbocycles. The molecular formula is C15H29N3O2. The van der Waals surface area contributed by atoms with Crippen molar-refractivity contribution in [2.75, 3.05) is 13.2 Å². The summed E-state index contributed by atoms with van der Waals surface area (Å²) in [6.45, 7) is 11.5. The van der Waals surface area contributed by atoms with E-state index in [1.54, 1.807) is 0 Å². The zero-order valence-electron chi connectivity index (χ0n) is 13.4. The van der Waals surface area contributed by atoms with Gasteiger partial charge in [-0.2, -0.15) is 0 Å². The van der Waals surface area contributed by atoms with Crippen LogP contribution in [-0.2, 0) is 9.53 Å². The molecule has 2 aliphatic rings. The first-order valence-electron chi connectivity index (χ1n) is 7.48. The van der Waals surface area contributed by atoms with Crippen molar-refractivity contribution in [2.45, 2.75) is 70.6 Å². The number of ether oxygens (including phenoxy) is 1. The molecule has 2 unspecified atom stereocenters. The van der Waals surface area contributed by atoms with E-state index < -0.39 is 5.41 Å². The third-order valence-corrected chi connectivity index (χ3v) is 4.56. The van der Waals surface area contributed by atoms with Crippen molar-refractivity contribution in [1.82, 2.24) is 10.6 Å². The third kappa shape index (κ3) is 3.15. The van der Waals surface area contributed by atoms with Crippen molar-refractivity contribution in [3.05, 3.63) is 0 Å². The van der Waals surface area contributed by atoms with Crippen LogP contribution in [0.5, 0.6) is 0 Å². The van der Waals surface area contributed by atoms with Crippen molar-refractivity contribution in [2.24, 2.45) is 11.1 Å². The van der Waals surface area contributed by atoms with Crippen molar-refractivity contribution in [1.29, 1.82) is 0 Å². The summed E-state index contributed by atoms with van der Waals surface area (Å²) in [7, 11) is 0. The van der Waals surface area contributed by atoms with Gasteiger partial charge < -0.3 is 21.1 Å². The molecule has 2 fully saturated rings. The SMILES string of the molecule is CC1(C)CC(NC(=O)C2(C)COCC2N)CC(C)(C)N1. The van der Waals surface area contributed by atoms with E-state index in [1.165, 1.54) is 0 Å². The Balaban J connectivity index is 2.04. The minimum absolute atomic E-state index is 0.0227. The van der Waals surface area contributed by atoms with Crippen LogP contribution in [0.4, 0.5) is 0 Å². The summed E-state index contributed by atoms with van der Waals surface area (Å²) in [5.41, 5.74) is 5.48. The number of nitrogens with two attached hydrogens (primary N) is 1. The maximum Gasteiger partial charge on any atom is 0.230 e. The monoisotopic (exact) mass is 283 g/mol. The van der Waals surface area contributed by atoms with Gasteiger partial charge in [-0.1, -0.05) is 0 Å². The maximum atomic E-state index is 12.6. The van der Waals surface area contributed by atoms with Crippen LogP contribution in [0, 0.1) is 5.41 Å². The van der Waals surface area contributed by atoms with E-state index in [-0.39, 0.29) is 29.1 Å². The van der Waals surface area contributed by atoms with Crippen LogP contribution in [0.25, 0.3) is 0 Å². The number of carbonyl (C=O) groups excluding carboxylic acids is 1.